The summed E-state index contributed by atoms with van der Waals surface area (Å²) in [5, 5.41) is 11.7. The van der Waals surface area contributed by atoms with Gasteiger partial charge in [0.1, 0.15) is 0 Å². The third-order valence-electron chi connectivity index (χ3n) is 2.77. The summed E-state index contributed by atoms with van der Waals surface area (Å²) >= 11 is 0. The first kappa shape index (κ1) is 11.5. The molecule has 0 atom stereocenters. The van der Waals surface area contributed by atoms with Gasteiger partial charge in [0.05, 0.1) is 11.2 Å². The van der Waals surface area contributed by atoms with Crippen molar-refractivity contribution in [1.29, 1.82) is 0 Å². The van der Waals surface area contributed by atoms with E-state index in [0.29, 0.717) is 25.9 Å². The number of carboxylic acids is 1. The Bertz CT molecular complexity index is 316. The van der Waals surface area contributed by atoms with E-state index in [1.165, 1.54) is 0 Å². The highest BCUT2D eigenvalue weighted by atomic mass is 32.2. The number of carboxylic acid groups (broad SMARTS) is 1. The summed E-state index contributed by atoms with van der Waals surface area (Å²) in [7, 11) is -3.30. The molecule has 0 bridgehead atoms. The topological polar surface area (TPSA) is 83.5 Å². The lowest BCUT2D eigenvalue weighted by Crippen LogP contribution is -2.48. The van der Waals surface area contributed by atoms with Crippen molar-refractivity contribution in [3.63, 3.8) is 0 Å². The van der Waals surface area contributed by atoms with Crippen molar-refractivity contribution in [3.8, 4) is 0 Å². The zero-order valence-corrected chi connectivity index (χ0v) is 8.93. The number of carbonyl (C=O) groups is 1. The average Bonchev–Trinajstić information content (AvgIpc) is 2.02. The zero-order valence-electron chi connectivity index (χ0n) is 8.12. The van der Waals surface area contributed by atoms with Crippen LogP contribution in [0, 0.1) is 0 Å². The van der Waals surface area contributed by atoms with Crippen molar-refractivity contribution in [3.05, 3.63) is 0 Å². The van der Waals surface area contributed by atoms with Crippen molar-refractivity contribution in [1.82, 2.24) is 5.32 Å². The highest BCUT2D eigenvalue weighted by Gasteiger charge is 2.43. The fourth-order valence-electron chi connectivity index (χ4n) is 1.84. The maximum atomic E-state index is 11.6. The first-order chi connectivity index (χ1) is 6.37. The molecule has 0 unspecified atom stereocenters. The monoisotopic (exact) mass is 221 g/mol. The van der Waals surface area contributed by atoms with Gasteiger partial charge in [0.25, 0.3) is 0 Å². The standard InChI is InChI=1S/C8H15NO4S/c1-14(12,13)8(6-7(10)11)2-4-9-5-3-8/h9H,2-6H2,1H3,(H,10,11). The molecule has 0 aromatic carbocycles. The number of hydrogen-bond acceptors (Lipinski definition) is 4. The third-order valence-corrected chi connectivity index (χ3v) is 4.90. The lowest BCUT2D eigenvalue weighted by atomic mass is 9.93. The molecule has 0 aliphatic carbocycles. The van der Waals surface area contributed by atoms with Crippen LogP contribution < -0.4 is 5.32 Å². The molecule has 5 nitrogen and oxygen atoms in total. The Labute approximate surface area is 83.4 Å². The lowest BCUT2D eigenvalue weighted by molar-refractivity contribution is -0.137. The maximum absolute atomic E-state index is 11.6. The normalized spacial score (nSPS) is 21.8. The number of hydrogen-bond donors (Lipinski definition) is 2. The number of aliphatic carboxylic acids is 1. The van der Waals surface area contributed by atoms with Gasteiger partial charge in [0.15, 0.2) is 9.84 Å². The van der Waals surface area contributed by atoms with E-state index >= 15 is 0 Å². The van der Waals surface area contributed by atoms with Crippen LogP contribution in [-0.2, 0) is 14.6 Å². The van der Waals surface area contributed by atoms with Crippen molar-refractivity contribution >= 4 is 15.8 Å². The molecule has 2 N–H and O–H groups in total. The number of sulfone groups is 1. The molecule has 0 saturated carbocycles. The summed E-state index contributed by atoms with van der Waals surface area (Å²) in [5.74, 6) is -1.04. The third kappa shape index (κ3) is 2.24. The van der Waals surface area contributed by atoms with E-state index in [4.69, 9.17) is 5.11 Å². The minimum absolute atomic E-state index is 0.284. The van der Waals surface area contributed by atoms with Gasteiger partial charge in [-0.15, -0.1) is 0 Å². The number of nitrogens with one attached hydrogen (secondary N) is 1. The van der Waals surface area contributed by atoms with E-state index in [-0.39, 0.29) is 6.42 Å². The summed E-state index contributed by atoms with van der Waals surface area (Å²) in [6, 6.07) is 0. The van der Waals surface area contributed by atoms with Gasteiger partial charge in [0, 0.05) is 6.26 Å². The second-order valence-corrected chi connectivity index (χ2v) is 6.19. The molecule has 1 aliphatic rings. The number of rotatable bonds is 3. The SMILES string of the molecule is CS(=O)(=O)C1(CC(=O)O)CCNCC1. The van der Waals surface area contributed by atoms with Crippen molar-refractivity contribution in [2.75, 3.05) is 19.3 Å². The van der Waals surface area contributed by atoms with Crippen LogP contribution in [0.4, 0.5) is 0 Å². The molecule has 1 rings (SSSR count). The minimum Gasteiger partial charge on any atom is -0.481 e. The molecule has 1 aliphatic heterocycles. The quantitative estimate of drug-likeness (QED) is 0.679. The summed E-state index contributed by atoms with van der Waals surface area (Å²) in [6.07, 6.45) is 1.62. The first-order valence-electron chi connectivity index (χ1n) is 4.49. The molecular weight excluding hydrogens is 206 g/mol. The van der Waals surface area contributed by atoms with E-state index in [9.17, 15) is 13.2 Å². The molecule has 1 saturated heterocycles. The van der Waals surface area contributed by atoms with E-state index in [0.717, 1.165) is 6.26 Å². The Balaban J connectivity index is 2.95. The summed E-state index contributed by atoms with van der Waals surface area (Å²) in [4.78, 5) is 10.6. The maximum Gasteiger partial charge on any atom is 0.304 e. The molecule has 0 aromatic heterocycles. The van der Waals surface area contributed by atoms with Crippen molar-refractivity contribution < 1.29 is 18.3 Å². The predicted molar refractivity (Wildman–Crippen MR) is 51.9 cm³/mol. The van der Waals surface area contributed by atoms with Crippen LogP contribution in [-0.4, -0.2) is 43.6 Å². The highest BCUT2D eigenvalue weighted by molar-refractivity contribution is 7.92. The Hall–Kier alpha value is -0.620. The first-order valence-corrected chi connectivity index (χ1v) is 6.39. The van der Waals surface area contributed by atoms with Crippen LogP contribution in [0.2, 0.25) is 0 Å². The van der Waals surface area contributed by atoms with Crippen LogP contribution in [0.5, 0.6) is 0 Å². The molecular formula is C8H15NO4S. The summed E-state index contributed by atoms with van der Waals surface area (Å²) in [6.45, 7) is 1.14. The van der Waals surface area contributed by atoms with Crippen LogP contribution in [0.25, 0.3) is 0 Å². The Morgan fingerprint density at radius 2 is 1.93 bits per heavy atom. The van der Waals surface area contributed by atoms with Gasteiger partial charge in [-0.2, -0.15) is 0 Å². The molecule has 6 heteroatoms. The molecule has 14 heavy (non-hydrogen) atoms. The van der Waals surface area contributed by atoms with Crippen LogP contribution in [0.15, 0.2) is 0 Å². The Kier molecular flexibility index (Phi) is 3.16. The average molecular weight is 221 g/mol. The summed E-state index contributed by atoms with van der Waals surface area (Å²) < 4.78 is 22.1. The van der Waals surface area contributed by atoms with Crippen LogP contribution in [0.1, 0.15) is 19.3 Å². The Morgan fingerprint density at radius 3 is 2.29 bits per heavy atom. The van der Waals surface area contributed by atoms with Crippen LogP contribution in [0.3, 0.4) is 0 Å². The second-order valence-electron chi connectivity index (χ2n) is 3.78. The van der Waals surface area contributed by atoms with Gasteiger partial charge >= 0.3 is 5.97 Å². The van der Waals surface area contributed by atoms with Gasteiger partial charge in [-0.1, -0.05) is 0 Å². The molecule has 1 fully saturated rings. The van der Waals surface area contributed by atoms with E-state index in [1.807, 2.05) is 0 Å². The fourth-order valence-corrected chi connectivity index (χ4v) is 3.17. The van der Waals surface area contributed by atoms with Gasteiger partial charge in [-0.3, -0.25) is 4.79 Å². The van der Waals surface area contributed by atoms with Gasteiger partial charge in [-0.25, -0.2) is 8.42 Å². The van der Waals surface area contributed by atoms with Crippen LogP contribution >= 0.6 is 0 Å². The minimum atomic E-state index is -3.30. The smallest absolute Gasteiger partial charge is 0.304 e. The highest BCUT2D eigenvalue weighted by Crippen LogP contribution is 2.31. The van der Waals surface area contributed by atoms with Gasteiger partial charge in [-0.05, 0) is 25.9 Å². The second kappa shape index (κ2) is 3.86. The zero-order chi connectivity index (χ0) is 10.8. The van der Waals surface area contributed by atoms with Crippen molar-refractivity contribution in [2.24, 2.45) is 0 Å². The van der Waals surface area contributed by atoms with Gasteiger partial charge < -0.3 is 10.4 Å². The Morgan fingerprint density at radius 1 is 1.43 bits per heavy atom. The summed E-state index contributed by atoms with van der Waals surface area (Å²) in [5.41, 5.74) is 0. The predicted octanol–water partition coefficient (Wildman–Crippen LogP) is -0.372. The molecule has 82 valence electrons. The molecule has 1 heterocycles. The number of piperidine rings is 1. The molecule has 0 amide bonds. The largest absolute Gasteiger partial charge is 0.481 e. The van der Waals surface area contributed by atoms with E-state index < -0.39 is 20.6 Å². The van der Waals surface area contributed by atoms with Gasteiger partial charge in [0.2, 0.25) is 0 Å². The molecule has 0 aromatic rings. The fraction of sp³-hybridized carbons (Fsp3) is 0.875. The lowest BCUT2D eigenvalue weighted by Gasteiger charge is -2.34. The molecule has 0 spiro atoms. The van der Waals surface area contributed by atoms with Crippen molar-refractivity contribution in [2.45, 2.75) is 24.0 Å². The van der Waals surface area contributed by atoms with E-state index in [2.05, 4.69) is 5.32 Å². The van der Waals surface area contributed by atoms with E-state index in [1.54, 1.807) is 0 Å². The molecule has 0 radical (unpaired) electrons.